The average Bonchev–Trinajstić information content (AvgIpc) is 3.30. The zero-order valence-electron chi connectivity index (χ0n) is 19.7. The molecule has 1 fully saturated rings. The molecule has 4 aromatic rings. The molecule has 0 aliphatic carbocycles. The van der Waals surface area contributed by atoms with E-state index in [0.29, 0.717) is 12.3 Å². The molecule has 7 nitrogen and oxygen atoms in total. The molecule has 0 saturated carbocycles. The number of carbonyl (C=O) groups is 1. The number of aryl methyl sites for hydroxylation is 1. The third kappa shape index (κ3) is 5.54. The monoisotopic (exact) mass is 484 g/mol. The maximum Gasteiger partial charge on any atom is 0.233 e. The van der Waals surface area contributed by atoms with E-state index in [4.69, 9.17) is 0 Å². The van der Waals surface area contributed by atoms with Crippen LogP contribution in [-0.4, -0.2) is 62.5 Å². The first-order chi connectivity index (χ1) is 17.2. The second-order valence-electron chi connectivity index (χ2n) is 8.62. The summed E-state index contributed by atoms with van der Waals surface area (Å²) in [7, 11) is 0. The quantitative estimate of drug-likeness (QED) is 0.368. The van der Waals surface area contributed by atoms with Gasteiger partial charge in [0, 0.05) is 49.8 Å². The van der Waals surface area contributed by atoms with Gasteiger partial charge >= 0.3 is 0 Å². The highest BCUT2D eigenvalue weighted by Gasteiger charge is 2.23. The fourth-order valence-corrected chi connectivity index (χ4v) is 5.11. The molecule has 3 heterocycles. The third-order valence-corrected chi connectivity index (χ3v) is 7.10. The Bertz CT molecular complexity index is 1270. The fraction of sp³-hybridized carbons (Fsp3) is 0.259. The summed E-state index contributed by atoms with van der Waals surface area (Å²) in [6, 6.07) is 22.6. The van der Waals surface area contributed by atoms with Crippen molar-refractivity contribution >= 4 is 23.4 Å². The first kappa shape index (κ1) is 23.1. The van der Waals surface area contributed by atoms with E-state index in [1.807, 2.05) is 35.2 Å². The molecule has 0 atom stereocenters. The SMILES string of the molecule is Cc1cccc(N2CCN(C(=O)CSc3nnc(-c4cccnc4)n3Cc3ccccc3)CC2)c1. The van der Waals surface area contributed by atoms with Gasteiger partial charge in [-0.15, -0.1) is 10.2 Å². The number of rotatable bonds is 7. The summed E-state index contributed by atoms with van der Waals surface area (Å²) < 4.78 is 2.07. The highest BCUT2D eigenvalue weighted by atomic mass is 32.2. The molecule has 2 aromatic heterocycles. The van der Waals surface area contributed by atoms with Crippen molar-refractivity contribution in [3.8, 4) is 11.4 Å². The molecular weight excluding hydrogens is 456 g/mol. The Morgan fingerprint density at radius 2 is 1.77 bits per heavy atom. The summed E-state index contributed by atoms with van der Waals surface area (Å²) in [5, 5.41) is 9.61. The Morgan fingerprint density at radius 3 is 2.51 bits per heavy atom. The van der Waals surface area contributed by atoms with Crippen LogP contribution in [-0.2, 0) is 11.3 Å². The van der Waals surface area contributed by atoms with Crippen LogP contribution in [0.4, 0.5) is 5.69 Å². The van der Waals surface area contributed by atoms with Crippen molar-refractivity contribution in [2.24, 2.45) is 0 Å². The molecular formula is C27H28N6OS. The van der Waals surface area contributed by atoms with Crippen LogP contribution in [0.25, 0.3) is 11.4 Å². The Labute approximate surface area is 209 Å². The molecule has 178 valence electrons. The number of benzene rings is 2. The van der Waals surface area contributed by atoms with Crippen LogP contribution < -0.4 is 4.90 Å². The van der Waals surface area contributed by atoms with Crippen LogP contribution in [0.1, 0.15) is 11.1 Å². The van der Waals surface area contributed by atoms with E-state index in [0.717, 1.165) is 48.3 Å². The molecule has 8 heteroatoms. The summed E-state index contributed by atoms with van der Waals surface area (Å²) in [4.78, 5) is 21.6. The Hall–Kier alpha value is -3.65. The third-order valence-electron chi connectivity index (χ3n) is 6.14. The Morgan fingerprint density at radius 1 is 0.943 bits per heavy atom. The van der Waals surface area contributed by atoms with Crippen molar-refractivity contribution in [1.82, 2.24) is 24.6 Å². The maximum atomic E-state index is 13.0. The lowest BCUT2D eigenvalue weighted by molar-refractivity contribution is -0.128. The number of piperazine rings is 1. The standard InChI is InChI=1S/C27H28N6OS/c1-21-7-5-11-24(17-21)31-13-15-32(16-14-31)25(34)20-35-27-30-29-26(23-10-6-12-28-18-23)33(27)19-22-8-3-2-4-9-22/h2-12,17-18H,13-16,19-20H2,1H3. The number of carbonyl (C=O) groups excluding carboxylic acids is 1. The van der Waals surface area contributed by atoms with E-state index >= 15 is 0 Å². The predicted molar refractivity (Wildman–Crippen MR) is 139 cm³/mol. The van der Waals surface area contributed by atoms with Crippen LogP contribution in [0.5, 0.6) is 0 Å². The number of hydrogen-bond donors (Lipinski definition) is 0. The van der Waals surface area contributed by atoms with Gasteiger partial charge in [-0.2, -0.15) is 0 Å². The summed E-state index contributed by atoms with van der Waals surface area (Å²) in [5.74, 6) is 1.23. The van der Waals surface area contributed by atoms with Gasteiger partial charge in [-0.25, -0.2) is 0 Å². The zero-order valence-corrected chi connectivity index (χ0v) is 20.6. The van der Waals surface area contributed by atoms with Gasteiger partial charge in [-0.05, 0) is 42.3 Å². The lowest BCUT2D eigenvalue weighted by atomic mass is 10.2. The van der Waals surface area contributed by atoms with Crippen molar-refractivity contribution < 1.29 is 4.79 Å². The second-order valence-corrected chi connectivity index (χ2v) is 9.56. The Kier molecular flexibility index (Phi) is 7.09. The van der Waals surface area contributed by atoms with Gasteiger partial charge in [0.25, 0.3) is 0 Å². The topological polar surface area (TPSA) is 67.2 Å². The number of nitrogens with zero attached hydrogens (tertiary/aromatic N) is 6. The van der Waals surface area contributed by atoms with Gasteiger partial charge in [0.05, 0.1) is 12.3 Å². The summed E-state index contributed by atoms with van der Waals surface area (Å²) in [6.45, 7) is 5.88. The van der Waals surface area contributed by atoms with E-state index in [1.165, 1.54) is 23.0 Å². The number of amides is 1. The number of anilines is 1. The predicted octanol–water partition coefficient (Wildman–Crippen LogP) is 4.14. The first-order valence-corrected chi connectivity index (χ1v) is 12.8. The number of pyridine rings is 1. The Balaban J connectivity index is 1.25. The van der Waals surface area contributed by atoms with Crippen LogP contribution in [0.3, 0.4) is 0 Å². The van der Waals surface area contributed by atoms with Crippen molar-refractivity contribution in [3.05, 3.63) is 90.3 Å². The van der Waals surface area contributed by atoms with Gasteiger partial charge in [0.1, 0.15) is 0 Å². The van der Waals surface area contributed by atoms with Gasteiger partial charge < -0.3 is 9.80 Å². The van der Waals surface area contributed by atoms with Crippen molar-refractivity contribution in [2.75, 3.05) is 36.8 Å². The number of thioether (sulfide) groups is 1. The van der Waals surface area contributed by atoms with E-state index in [1.54, 1.807) is 12.4 Å². The van der Waals surface area contributed by atoms with Crippen LogP contribution in [0.15, 0.2) is 84.3 Å². The first-order valence-electron chi connectivity index (χ1n) is 11.8. The van der Waals surface area contributed by atoms with E-state index < -0.39 is 0 Å². The van der Waals surface area contributed by atoms with Gasteiger partial charge in [0.2, 0.25) is 5.91 Å². The summed E-state index contributed by atoms with van der Waals surface area (Å²) in [6.07, 6.45) is 3.53. The van der Waals surface area contributed by atoms with E-state index in [2.05, 4.69) is 68.0 Å². The average molecular weight is 485 g/mol. The van der Waals surface area contributed by atoms with E-state index in [9.17, 15) is 4.79 Å². The molecule has 0 unspecified atom stereocenters. The fourth-order valence-electron chi connectivity index (χ4n) is 4.27. The zero-order chi connectivity index (χ0) is 24.0. The highest BCUT2D eigenvalue weighted by molar-refractivity contribution is 7.99. The molecule has 1 saturated heterocycles. The molecule has 35 heavy (non-hydrogen) atoms. The van der Waals surface area contributed by atoms with Crippen molar-refractivity contribution in [1.29, 1.82) is 0 Å². The lowest BCUT2D eigenvalue weighted by Crippen LogP contribution is -2.49. The highest BCUT2D eigenvalue weighted by Crippen LogP contribution is 2.25. The number of aromatic nitrogens is 4. The summed E-state index contributed by atoms with van der Waals surface area (Å²) >= 11 is 1.45. The van der Waals surface area contributed by atoms with Crippen LogP contribution in [0.2, 0.25) is 0 Å². The summed E-state index contributed by atoms with van der Waals surface area (Å²) in [5.41, 5.74) is 4.53. The van der Waals surface area contributed by atoms with Crippen LogP contribution >= 0.6 is 11.8 Å². The van der Waals surface area contributed by atoms with E-state index in [-0.39, 0.29) is 5.91 Å². The molecule has 0 N–H and O–H groups in total. The molecule has 5 rings (SSSR count). The smallest absolute Gasteiger partial charge is 0.233 e. The second kappa shape index (κ2) is 10.7. The van der Waals surface area contributed by atoms with Gasteiger partial charge in [-0.3, -0.25) is 14.3 Å². The molecule has 0 spiro atoms. The molecule has 1 amide bonds. The lowest BCUT2D eigenvalue weighted by Gasteiger charge is -2.36. The van der Waals surface area contributed by atoms with Crippen LogP contribution in [0, 0.1) is 6.92 Å². The molecule has 0 radical (unpaired) electrons. The number of hydrogen-bond acceptors (Lipinski definition) is 6. The molecule has 1 aliphatic heterocycles. The van der Waals surface area contributed by atoms with Crippen molar-refractivity contribution in [2.45, 2.75) is 18.6 Å². The minimum atomic E-state index is 0.135. The largest absolute Gasteiger partial charge is 0.368 e. The normalized spacial score (nSPS) is 13.7. The maximum absolute atomic E-state index is 13.0. The van der Waals surface area contributed by atoms with Crippen molar-refractivity contribution in [3.63, 3.8) is 0 Å². The molecule has 0 bridgehead atoms. The van der Waals surface area contributed by atoms with Gasteiger partial charge in [-0.1, -0.05) is 54.2 Å². The molecule has 1 aliphatic rings. The van der Waals surface area contributed by atoms with Gasteiger partial charge in [0.15, 0.2) is 11.0 Å². The minimum absolute atomic E-state index is 0.135. The minimum Gasteiger partial charge on any atom is -0.368 e. The molecule has 2 aromatic carbocycles.